The molecule has 1 saturated heterocycles. The van der Waals surface area contributed by atoms with E-state index in [1.165, 1.54) is 6.33 Å². The summed E-state index contributed by atoms with van der Waals surface area (Å²) in [6.07, 6.45) is 3.45. The highest BCUT2D eigenvalue weighted by Gasteiger charge is 2.27. The predicted octanol–water partition coefficient (Wildman–Crippen LogP) is 0.00410. The van der Waals surface area contributed by atoms with Crippen LogP contribution in [0.25, 0.3) is 0 Å². The largest absolute Gasteiger partial charge is 0.336 e. The summed E-state index contributed by atoms with van der Waals surface area (Å²) < 4.78 is 0. The first kappa shape index (κ1) is 11.1. The molecule has 0 aliphatic carbocycles. The number of hydrogen-bond acceptors (Lipinski definition) is 4. The van der Waals surface area contributed by atoms with E-state index in [1.807, 2.05) is 6.92 Å². The summed E-state index contributed by atoms with van der Waals surface area (Å²) in [5.41, 5.74) is 5.87. The van der Waals surface area contributed by atoms with Gasteiger partial charge in [0.1, 0.15) is 6.33 Å². The Morgan fingerprint density at radius 2 is 2.56 bits per heavy atom. The molecule has 2 atom stereocenters. The Kier molecular flexibility index (Phi) is 3.19. The number of hydrogen-bond donors (Lipinski definition) is 2. The molecule has 6 nitrogen and oxygen atoms in total. The van der Waals surface area contributed by atoms with Gasteiger partial charge in [-0.2, -0.15) is 5.10 Å². The fraction of sp³-hybridized carbons (Fsp3) is 0.700. The highest BCUT2D eigenvalue weighted by Crippen LogP contribution is 2.19. The van der Waals surface area contributed by atoms with Crippen molar-refractivity contribution in [3.05, 3.63) is 12.2 Å². The molecule has 0 radical (unpaired) electrons. The van der Waals surface area contributed by atoms with Crippen LogP contribution >= 0.6 is 0 Å². The van der Waals surface area contributed by atoms with Gasteiger partial charge in [-0.1, -0.05) is 0 Å². The van der Waals surface area contributed by atoms with Crippen LogP contribution in [0.1, 0.15) is 30.4 Å². The molecule has 16 heavy (non-hydrogen) atoms. The summed E-state index contributed by atoms with van der Waals surface area (Å²) in [6.45, 7) is 3.49. The molecule has 2 heterocycles. The van der Waals surface area contributed by atoms with E-state index in [4.69, 9.17) is 5.73 Å². The molecule has 0 aromatic carbocycles. The van der Waals surface area contributed by atoms with Crippen LogP contribution in [0.5, 0.6) is 0 Å². The molecular formula is C10H17N5O. The second-order valence-electron chi connectivity index (χ2n) is 4.35. The van der Waals surface area contributed by atoms with Crippen LogP contribution < -0.4 is 5.73 Å². The Morgan fingerprint density at radius 3 is 3.19 bits per heavy atom. The number of carbonyl (C=O) groups is 1. The van der Waals surface area contributed by atoms with Crippen molar-refractivity contribution in [2.75, 3.05) is 13.1 Å². The third kappa shape index (κ3) is 2.21. The lowest BCUT2D eigenvalue weighted by molar-refractivity contribution is 0.0649. The summed E-state index contributed by atoms with van der Waals surface area (Å²) in [5.74, 6) is 0.619. The first-order chi connectivity index (χ1) is 7.68. The Balaban J connectivity index is 2.02. The fourth-order valence-corrected chi connectivity index (χ4v) is 2.08. The zero-order valence-corrected chi connectivity index (χ0v) is 9.39. The maximum atomic E-state index is 12.0. The maximum Gasteiger partial charge on any atom is 0.291 e. The molecule has 0 bridgehead atoms. The number of aromatic nitrogens is 3. The van der Waals surface area contributed by atoms with E-state index in [-0.39, 0.29) is 11.9 Å². The van der Waals surface area contributed by atoms with Gasteiger partial charge in [0.2, 0.25) is 5.82 Å². The lowest BCUT2D eigenvalue weighted by Gasteiger charge is -2.34. The molecule has 1 aliphatic rings. The van der Waals surface area contributed by atoms with E-state index in [0.717, 1.165) is 25.9 Å². The average molecular weight is 223 g/mol. The summed E-state index contributed by atoms with van der Waals surface area (Å²) in [7, 11) is 0. The Morgan fingerprint density at radius 1 is 1.75 bits per heavy atom. The molecule has 1 amide bonds. The van der Waals surface area contributed by atoms with Gasteiger partial charge in [-0.05, 0) is 25.7 Å². The first-order valence-electron chi connectivity index (χ1n) is 5.58. The van der Waals surface area contributed by atoms with E-state index in [0.29, 0.717) is 11.7 Å². The Hall–Kier alpha value is -1.43. The average Bonchev–Trinajstić information content (AvgIpc) is 2.81. The Labute approximate surface area is 94.2 Å². The quantitative estimate of drug-likeness (QED) is 0.739. The fourth-order valence-electron chi connectivity index (χ4n) is 2.08. The number of rotatable bonds is 2. The number of carbonyl (C=O) groups excluding carboxylic acids is 1. The number of nitrogens with one attached hydrogen (secondary N) is 1. The van der Waals surface area contributed by atoms with Gasteiger partial charge in [-0.3, -0.25) is 9.89 Å². The van der Waals surface area contributed by atoms with Crippen LogP contribution in [0.15, 0.2) is 6.33 Å². The van der Waals surface area contributed by atoms with E-state index in [2.05, 4.69) is 15.2 Å². The molecule has 1 aliphatic heterocycles. The topological polar surface area (TPSA) is 87.9 Å². The van der Waals surface area contributed by atoms with Crippen molar-refractivity contribution in [3.63, 3.8) is 0 Å². The number of nitrogens with two attached hydrogens (primary N) is 1. The van der Waals surface area contributed by atoms with Crippen LogP contribution in [0, 0.1) is 5.92 Å². The molecule has 2 unspecified atom stereocenters. The second-order valence-corrected chi connectivity index (χ2v) is 4.35. The molecule has 0 saturated carbocycles. The molecule has 88 valence electrons. The minimum atomic E-state index is -0.0807. The van der Waals surface area contributed by atoms with Crippen molar-refractivity contribution < 1.29 is 4.79 Å². The highest BCUT2D eigenvalue weighted by atomic mass is 16.2. The van der Waals surface area contributed by atoms with Gasteiger partial charge >= 0.3 is 0 Å². The van der Waals surface area contributed by atoms with E-state index in [9.17, 15) is 4.79 Å². The lowest BCUT2D eigenvalue weighted by Crippen LogP contribution is -2.45. The van der Waals surface area contributed by atoms with Gasteiger partial charge in [0.05, 0.1) is 0 Å². The number of likely N-dealkylation sites (tertiary alicyclic amines) is 1. The lowest BCUT2D eigenvalue weighted by atomic mass is 9.92. The van der Waals surface area contributed by atoms with Crippen molar-refractivity contribution in [2.45, 2.75) is 25.8 Å². The number of aromatic amines is 1. The molecule has 0 spiro atoms. The van der Waals surface area contributed by atoms with Crippen LogP contribution in [0.2, 0.25) is 0 Å². The van der Waals surface area contributed by atoms with Crippen molar-refractivity contribution in [2.24, 2.45) is 11.7 Å². The van der Waals surface area contributed by atoms with Crippen molar-refractivity contribution in [1.29, 1.82) is 0 Å². The molecule has 1 aromatic rings. The summed E-state index contributed by atoms with van der Waals surface area (Å²) in [4.78, 5) is 17.7. The second kappa shape index (κ2) is 4.61. The van der Waals surface area contributed by atoms with Crippen molar-refractivity contribution in [1.82, 2.24) is 20.1 Å². The normalized spacial score (nSPS) is 23.1. The smallest absolute Gasteiger partial charge is 0.291 e. The van der Waals surface area contributed by atoms with Crippen LogP contribution in [0.3, 0.4) is 0 Å². The van der Waals surface area contributed by atoms with Gasteiger partial charge < -0.3 is 10.6 Å². The van der Waals surface area contributed by atoms with Crippen LogP contribution in [0.4, 0.5) is 0 Å². The van der Waals surface area contributed by atoms with Gasteiger partial charge in [0, 0.05) is 19.1 Å². The number of H-pyrrole nitrogens is 1. The van der Waals surface area contributed by atoms with Crippen molar-refractivity contribution >= 4 is 5.91 Å². The molecular weight excluding hydrogens is 206 g/mol. The summed E-state index contributed by atoms with van der Waals surface area (Å²) in [6, 6.07) is 0.130. The number of nitrogens with zero attached hydrogens (tertiary/aromatic N) is 3. The van der Waals surface area contributed by atoms with Gasteiger partial charge in [0.15, 0.2) is 0 Å². The third-order valence-electron chi connectivity index (χ3n) is 3.11. The third-order valence-corrected chi connectivity index (χ3v) is 3.11. The van der Waals surface area contributed by atoms with Gasteiger partial charge in [-0.15, -0.1) is 0 Å². The molecule has 2 rings (SSSR count). The summed E-state index contributed by atoms with van der Waals surface area (Å²) >= 11 is 0. The minimum absolute atomic E-state index is 0.0807. The van der Waals surface area contributed by atoms with E-state index < -0.39 is 0 Å². The SMILES string of the molecule is CC(N)C1CCCN(C(=O)c2ncn[nH]2)C1. The van der Waals surface area contributed by atoms with Gasteiger partial charge in [0.25, 0.3) is 5.91 Å². The highest BCUT2D eigenvalue weighted by molar-refractivity contribution is 5.90. The molecule has 1 aromatic heterocycles. The zero-order chi connectivity index (χ0) is 11.5. The molecule has 6 heteroatoms. The maximum absolute atomic E-state index is 12.0. The minimum Gasteiger partial charge on any atom is -0.336 e. The molecule has 3 N–H and O–H groups in total. The molecule has 1 fully saturated rings. The zero-order valence-electron chi connectivity index (χ0n) is 9.39. The first-order valence-corrected chi connectivity index (χ1v) is 5.58. The van der Waals surface area contributed by atoms with E-state index >= 15 is 0 Å². The number of piperidine rings is 1. The van der Waals surface area contributed by atoms with Crippen LogP contribution in [-0.4, -0.2) is 45.1 Å². The Bertz CT molecular complexity index is 348. The number of amides is 1. The monoisotopic (exact) mass is 223 g/mol. The standard InChI is InChI=1S/C10H17N5O/c1-7(11)8-3-2-4-15(5-8)10(16)9-12-6-13-14-9/h6-8H,2-5,11H2,1H3,(H,12,13,14). The van der Waals surface area contributed by atoms with E-state index in [1.54, 1.807) is 4.90 Å². The van der Waals surface area contributed by atoms with Gasteiger partial charge in [-0.25, -0.2) is 4.98 Å². The summed E-state index contributed by atoms with van der Waals surface area (Å²) in [5, 5.41) is 6.28. The van der Waals surface area contributed by atoms with Crippen molar-refractivity contribution in [3.8, 4) is 0 Å². The predicted molar refractivity (Wildman–Crippen MR) is 58.7 cm³/mol. The van der Waals surface area contributed by atoms with Crippen LogP contribution in [-0.2, 0) is 0 Å².